The van der Waals surface area contributed by atoms with Crippen molar-refractivity contribution >= 4 is 5.82 Å². The Morgan fingerprint density at radius 3 is 2.41 bits per heavy atom. The van der Waals surface area contributed by atoms with E-state index in [1.54, 1.807) is 0 Å². The summed E-state index contributed by atoms with van der Waals surface area (Å²) in [6.07, 6.45) is 1.82. The summed E-state index contributed by atoms with van der Waals surface area (Å²) in [7, 11) is 0. The highest BCUT2D eigenvalue weighted by Gasteiger charge is 1.94. The van der Waals surface area contributed by atoms with Gasteiger partial charge >= 0.3 is 0 Å². The molecule has 90 valence electrons. The molecule has 2 nitrogen and oxygen atoms in total. The normalized spacial score (nSPS) is 9.12. The Morgan fingerprint density at radius 1 is 1.06 bits per heavy atom. The van der Waals surface area contributed by atoms with Crippen LogP contribution < -0.4 is 5.32 Å². The second kappa shape index (κ2) is 7.44. The van der Waals surface area contributed by atoms with E-state index in [9.17, 15) is 0 Å². The van der Waals surface area contributed by atoms with E-state index in [-0.39, 0.29) is 0 Å². The molecule has 1 heterocycles. The van der Waals surface area contributed by atoms with Gasteiger partial charge in [0.05, 0.1) is 0 Å². The zero-order chi connectivity index (χ0) is 12.5. The van der Waals surface area contributed by atoms with Gasteiger partial charge in [-0.2, -0.15) is 0 Å². The van der Waals surface area contributed by atoms with E-state index in [0.717, 1.165) is 12.4 Å². The van der Waals surface area contributed by atoms with Crippen LogP contribution in [0.4, 0.5) is 5.82 Å². The molecule has 0 fully saturated rings. The molecule has 2 rings (SSSR count). The fourth-order valence-corrected chi connectivity index (χ4v) is 1.42. The van der Waals surface area contributed by atoms with E-state index >= 15 is 0 Å². The lowest BCUT2D eigenvalue weighted by molar-refractivity contribution is 1.11. The van der Waals surface area contributed by atoms with Crippen molar-refractivity contribution in [2.45, 2.75) is 27.3 Å². The number of nitrogens with one attached hydrogen (secondary N) is 1. The molecule has 0 aliphatic heterocycles. The summed E-state index contributed by atoms with van der Waals surface area (Å²) in [5, 5.41) is 3.29. The largest absolute Gasteiger partial charge is 0.366 e. The summed E-state index contributed by atoms with van der Waals surface area (Å²) >= 11 is 0. The van der Waals surface area contributed by atoms with Crippen LogP contribution in [0.15, 0.2) is 48.7 Å². The summed E-state index contributed by atoms with van der Waals surface area (Å²) in [6, 6.07) is 14.3. The van der Waals surface area contributed by atoms with Crippen LogP contribution in [0.25, 0.3) is 0 Å². The SMILES string of the molecule is CC.Cc1ccnc(NCc2ccccc2)c1. The summed E-state index contributed by atoms with van der Waals surface area (Å²) < 4.78 is 0. The van der Waals surface area contributed by atoms with Gasteiger partial charge in [0.25, 0.3) is 0 Å². The molecular weight excluding hydrogens is 208 g/mol. The van der Waals surface area contributed by atoms with Crippen LogP contribution in [0.1, 0.15) is 25.0 Å². The van der Waals surface area contributed by atoms with Crippen LogP contribution in [0, 0.1) is 6.92 Å². The van der Waals surface area contributed by atoms with E-state index in [4.69, 9.17) is 0 Å². The van der Waals surface area contributed by atoms with Gasteiger partial charge in [-0.25, -0.2) is 4.98 Å². The monoisotopic (exact) mass is 228 g/mol. The molecule has 0 unspecified atom stereocenters. The molecule has 2 aromatic rings. The summed E-state index contributed by atoms with van der Waals surface area (Å²) in [4.78, 5) is 4.24. The number of pyridine rings is 1. The highest BCUT2D eigenvalue weighted by atomic mass is 15.0. The predicted molar refractivity (Wildman–Crippen MR) is 74.1 cm³/mol. The second-order valence-electron chi connectivity index (χ2n) is 3.56. The van der Waals surface area contributed by atoms with Gasteiger partial charge in [0.15, 0.2) is 0 Å². The van der Waals surface area contributed by atoms with Crippen LogP contribution in [0.5, 0.6) is 0 Å². The molecule has 1 N–H and O–H groups in total. The third kappa shape index (κ3) is 4.68. The predicted octanol–water partition coefficient (Wildman–Crippen LogP) is 4.03. The summed E-state index contributed by atoms with van der Waals surface area (Å²) in [5.41, 5.74) is 2.49. The Morgan fingerprint density at radius 2 is 1.76 bits per heavy atom. The lowest BCUT2D eigenvalue weighted by atomic mass is 10.2. The van der Waals surface area contributed by atoms with Crippen molar-refractivity contribution in [3.05, 3.63) is 59.8 Å². The molecule has 0 atom stereocenters. The average Bonchev–Trinajstić information content (AvgIpc) is 2.40. The Labute approximate surface area is 104 Å². The molecule has 0 bridgehead atoms. The second-order valence-corrected chi connectivity index (χ2v) is 3.56. The van der Waals surface area contributed by atoms with Gasteiger partial charge in [-0.1, -0.05) is 44.2 Å². The zero-order valence-electron chi connectivity index (χ0n) is 10.8. The molecule has 17 heavy (non-hydrogen) atoms. The number of hydrogen-bond donors (Lipinski definition) is 1. The maximum atomic E-state index is 4.24. The molecule has 0 aliphatic rings. The van der Waals surface area contributed by atoms with Crippen molar-refractivity contribution in [2.24, 2.45) is 0 Å². The van der Waals surface area contributed by atoms with E-state index in [0.29, 0.717) is 0 Å². The van der Waals surface area contributed by atoms with Gasteiger partial charge in [-0.3, -0.25) is 0 Å². The number of rotatable bonds is 3. The van der Waals surface area contributed by atoms with Gasteiger partial charge in [0, 0.05) is 12.7 Å². The van der Waals surface area contributed by atoms with Crippen molar-refractivity contribution in [3.63, 3.8) is 0 Å². The van der Waals surface area contributed by atoms with E-state index in [2.05, 4.69) is 29.4 Å². The van der Waals surface area contributed by atoms with E-state index in [1.165, 1.54) is 11.1 Å². The highest BCUT2D eigenvalue weighted by molar-refractivity contribution is 5.37. The van der Waals surface area contributed by atoms with Gasteiger partial charge < -0.3 is 5.32 Å². The fourth-order valence-electron chi connectivity index (χ4n) is 1.42. The Kier molecular flexibility index (Phi) is 5.80. The third-order valence-corrected chi connectivity index (χ3v) is 2.23. The molecular formula is C15H20N2. The first-order valence-electron chi connectivity index (χ1n) is 6.05. The maximum Gasteiger partial charge on any atom is 0.126 e. The smallest absolute Gasteiger partial charge is 0.126 e. The minimum absolute atomic E-state index is 0.817. The van der Waals surface area contributed by atoms with E-state index < -0.39 is 0 Å². The first kappa shape index (κ1) is 13.2. The first-order valence-corrected chi connectivity index (χ1v) is 6.05. The number of nitrogens with zero attached hydrogens (tertiary/aromatic N) is 1. The molecule has 0 radical (unpaired) electrons. The third-order valence-electron chi connectivity index (χ3n) is 2.23. The number of aromatic nitrogens is 1. The fraction of sp³-hybridized carbons (Fsp3) is 0.267. The highest BCUT2D eigenvalue weighted by Crippen LogP contribution is 2.07. The van der Waals surface area contributed by atoms with Gasteiger partial charge in [0.1, 0.15) is 5.82 Å². The molecule has 0 saturated carbocycles. The number of aryl methyl sites for hydroxylation is 1. The Bertz CT molecular complexity index is 424. The van der Waals surface area contributed by atoms with Crippen molar-refractivity contribution in [3.8, 4) is 0 Å². The lowest BCUT2D eigenvalue weighted by Crippen LogP contribution is -2.00. The van der Waals surface area contributed by atoms with Crippen molar-refractivity contribution in [1.82, 2.24) is 4.98 Å². The maximum absolute atomic E-state index is 4.24. The quantitative estimate of drug-likeness (QED) is 0.858. The standard InChI is InChI=1S/C13H14N2.C2H6/c1-11-7-8-14-13(9-11)15-10-12-5-3-2-4-6-12;1-2/h2-9H,10H2,1H3,(H,14,15);1-2H3. The van der Waals surface area contributed by atoms with Crippen LogP contribution in [0.2, 0.25) is 0 Å². The van der Waals surface area contributed by atoms with Crippen molar-refractivity contribution < 1.29 is 0 Å². The van der Waals surface area contributed by atoms with Gasteiger partial charge in [-0.15, -0.1) is 0 Å². The van der Waals surface area contributed by atoms with Crippen molar-refractivity contribution in [2.75, 3.05) is 5.32 Å². The minimum atomic E-state index is 0.817. The number of hydrogen-bond acceptors (Lipinski definition) is 2. The van der Waals surface area contributed by atoms with Gasteiger partial charge in [0.2, 0.25) is 0 Å². The van der Waals surface area contributed by atoms with E-state index in [1.807, 2.05) is 50.4 Å². The molecule has 0 amide bonds. The summed E-state index contributed by atoms with van der Waals surface area (Å²) in [5.74, 6) is 0.929. The molecule has 0 aliphatic carbocycles. The Balaban J connectivity index is 0.000000686. The van der Waals surface area contributed by atoms with Crippen LogP contribution in [-0.2, 0) is 6.54 Å². The van der Waals surface area contributed by atoms with Crippen LogP contribution in [0.3, 0.4) is 0 Å². The first-order chi connectivity index (χ1) is 8.34. The molecule has 1 aromatic heterocycles. The molecule has 2 heteroatoms. The van der Waals surface area contributed by atoms with Gasteiger partial charge in [-0.05, 0) is 30.2 Å². The van der Waals surface area contributed by atoms with Crippen LogP contribution in [-0.4, -0.2) is 4.98 Å². The average molecular weight is 228 g/mol. The molecule has 1 aromatic carbocycles. The summed E-state index contributed by atoms with van der Waals surface area (Å²) in [6.45, 7) is 6.88. The lowest BCUT2D eigenvalue weighted by Gasteiger charge is -2.05. The number of anilines is 1. The Hall–Kier alpha value is -1.83. The van der Waals surface area contributed by atoms with Crippen molar-refractivity contribution in [1.29, 1.82) is 0 Å². The van der Waals surface area contributed by atoms with Crippen LogP contribution >= 0.6 is 0 Å². The minimum Gasteiger partial charge on any atom is -0.366 e. The number of benzene rings is 1. The molecule has 0 spiro atoms. The zero-order valence-corrected chi connectivity index (χ0v) is 10.8. The molecule has 0 saturated heterocycles. The topological polar surface area (TPSA) is 24.9 Å².